The number of aryl methyl sites for hydroxylation is 1. The third kappa shape index (κ3) is 3.31. The van der Waals surface area contributed by atoms with Crippen molar-refractivity contribution in [3.8, 4) is 0 Å². The van der Waals surface area contributed by atoms with E-state index in [9.17, 15) is 0 Å². The van der Waals surface area contributed by atoms with Crippen molar-refractivity contribution in [3.63, 3.8) is 0 Å². The number of thiazole rings is 2. The molecule has 33 heavy (non-hydrogen) atoms. The highest BCUT2D eigenvalue weighted by atomic mass is 32.1. The van der Waals surface area contributed by atoms with Crippen LogP contribution >= 0.6 is 31.3 Å². The summed E-state index contributed by atoms with van der Waals surface area (Å²) in [5.74, 6) is 0. The first-order valence-corrected chi connectivity index (χ1v) is 14.7. The molecule has 0 radical (unpaired) electrons. The third-order valence-electron chi connectivity index (χ3n) is 7.80. The van der Waals surface area contributed by atoms with Crippen LogP contribution in [0.15, 0.2) is 82.0 Å². The molecule has 6 rings (SSSR count). The van der Waals surface area contributed by atoms with Gasteiger partial charge in [-0.25, -0.2) is 4.98 Å². The van der Waals surface area contributed by atoms with Gasteiger partial charge < -0.3 is 4.90 Å². The summed E-state index contributed by atoms with van der Waals surface area (Å²) in [6, 6.07) is 0. The lowest BCUT2D eigenvalue weighted by atomic mass is 9.75. The number of fused-ring (bicyclic) bond motifs is 1. The van der Waals surface area contributed by atoms with Crippen LogP contribution in [0.4, 0.5) is 0 Å². The second-order valence-corrected chi connectivity index (χ2v) is 13.1. The normalized spacial score (nSPS) is 32.0. The molecule has 0 amide bonds. The highest BCUT2D eigenvalue weighted by Crippen LogP contribution is 2.62. The molecule has 0 N–H and O–H groups in total. The number of hydrogen-bond acceptors (Lipinski definition) is 4. The Morgan fingerprint density at radius 1 is 1.18 bits per heavy atom. The molecule has 3 heterocycles. The molecule has 0 fully saturated rings. The molecule has 2 aromatic rings. The molecule has 0 aromatic carbocycles. The number of hydrogen-bond donors (Lipinski definition) is 0. The highest BCUT2D eigenvalue weighted by Gasteiger charge is 2.52. The lowest BCUT2D eigenvalue weighted by Gasteiger charge is -2.52. The molecule has 170 valence electrons. The Bertz CT molecular complexity index is 1230. The molecular formula is C27H31N3PS2+. The van der Waals surface area contributed by atoms with Crippen molar-refractivity contribution < 1.29 is 4.57 Å². The second-order valence-electron chi connectivity index (χ2n) is 9.98. The van der Waals surface area contributed by atoms with Gasteiger partial charge in [0.2, 0.25) is 5.01 Å². The minimum absolute atomic E-state index is 0.0293. The van der Waals surface area contributed by atoms with E-state index < -0.39 is 0 Å². The van der Waals surface area contributed by atoms with Gasteiger partial charge in [0.25, 0.3) is 0 Å². The first kappa shape index (κ1) is 21.7. The SMILES string of the molecule is C[n+]1ccsc1[C@@]1(C)CC=CC2=C1PC1C(=CCCC1(C)c1nccs1)N2C1=CC=CCC1. The van der Waals surface area contributed by atoms with Gasteiger partial charge in [-0.2, -0.15) is 4.57 Å². The molecule has 3 aliphatic carbocycles. The highest BCUT2D eigenvalue weighted by molar-refractivity contribution is 7.44. The van der Waals surface area contributed by atoms with Gasteiger partial charge in [0.1, 0.15) is 7.05 Å². The molecule has 2 aromatic heterocycles. The second kappa shape index (κ2) is 8.15. The molecule has 0 saturated carbocycles. The fourth-order valence-corrected chi connectivity index (χ4v) is 10.3. The lowest BCUT2D eigenvalue weighted by molar-refractivity contribution is -0.676. The summed E-state index contributed by atoms with van der Waals surface area (Å²) >= 11 is 3.74. The van der Waals surface area contributed by atoms with E-state index >= 15 is 0 Å². The fraction of sp³-hybridized carbons (Fsp3) is 0.407. The average Bonchev–Trinajstić information content (AvgIpc) is 3.52. The van der Waals surface area contributed by atoms with E-state index in [0.29, 0.717) is 5.66 Å². The topological polar surface area (TPSA) is 20.0 Å². The Balaban J connectivity index is 1.57. The van der Waals surface area contributed by atoms with Crippen molar-refractivity contribution in [2.45, 2.75) is 62.4 Å². The van der Waals surface area contributed by atoms with Crippen molar-refractivity contribution in [1.29, 1.82) is 0 Å². The number of aromatic nitrogens is 2. The monoisotopic (exact) mass is 492 g/mol. The zero-order chi connectivity index (χ0) is 22.6. The van der Waals surface area contributed by atoms with Gasteiger partial charge in [0.05, 0.1) is 15.8 Å². The average molecular weight is 493 g/mol. The first-order valence-electron chi connectivity index (χ1n) is 11.9. The van der Waals surface area contributed by atoms with E-state index in [4.69, 9.17) is 4.98 Å². The summed E-state index contributed by atoms with van der Waals surface area (Å²) in [7, 11) is 2.98. The van der Waals surface area contributed by atoms with E-state index in [1.807, 2.05) is 28.9 Å². The summed E-state index contributed by atoms with van der Waals surface area (Å²) in [5, 5.41) is 8.79. The van der Waals surface area contributed by atoms with Crippen LogP contribution in [-0.4, -0.2) is 15.5 Å². The largest absolute Gasteiger partial charge is 0.317 e. The zero-order valence-corrected chi connectivity index (χ0v) is 22.2. The third-order valence-corrected chi connectivity index (χ3v) is 12.4. The molecule has 3 unspecified atom stereocenters. The van der Waals surface area contributed by atoms with E-state index in [0.717, 1.165) is 34.3 Å². The Morgan fingerprint density at radius 3 is 2.82 bits per heavy atom. The van der Waals surface area contributed by atoms with Crippen LogP contribution < -0.4 is 4.57 Å². The van der Waals surface area contributed by atoms with Crippen LogP contribution in [0, 0.1) is 0 Å². The molecule has 4 aliphatic rings. The summed E-state index contributed by atoms with van der Waals surface area (Å²) in [6.07, 6.45) is 24.1. The standard InChI is InChI=1S/C27H31N3PS2/c1-26(24-28-15-17-32-24)13-7-11-20-22(26)31-23-21(30(20)19-9-5-4-6-10-19)12-8-14-27(23,2)25-29(3)16-18-33-25/h4-5,8-9,11-12,15-18,22,31H,6-7,10,13-14H2,1-3H3/q+1/t22?,26?,27-/m0/s1. The maximum atomic E-state index is 4.86. The molecule has 0 spiro atoms. The summed E-state index contributed by atoms with van der Waals surface area (Å²) in [6.45, 7) is 4.97. The van der Waals surface area contributed by atoms with Gasteiger partial charge in [-0.1, -0.05) is 51.1 Å². The summed E-state index contributed by atoms with van der Waals surface area (Å²) < 4.78 is 2.35. The van der Waals surface area contributed by atoms with E-state index in [2.05, 4.69) is 83.8 Å². The van der Waals surface area contributed by atoms with Crippen LogP contribution in [0.3, 0.4) is 0 Å². The fourth-order valence-electron chi connectivity index (χ4n) is 6.02. The van der Waals surface area contributed by atoms with E-state index in [1.165, 1.54) is 33.5 Å². The van der Waals surface area contributed by atoms with Gasteiger partial charge in [-0.3, -0.25) is 0 Å². The van der Waals surface area contributed by atoms with Crippen molar-refractivity contribution in [2.24, 2.45) is 7.05 Å². The molecule has 4 atom stereocenters. The smallest absolute Gasteiger partial charge is 0.247 e. The van der Waals surface area contributed by atoms with Crippen LogP contribution in [0.5, 0.6) is 0 Å². The molecule has 1 aliphatic heterocycles. The predicted octanol–water partition coefficient (Wildman–Crippen LogP) is 6.69. The first-order chi connectivity index (χ1) is 16.0. The Kier molecular flexibility index (Phi) is 5.36. The van der Waals surface area contributed by atoms with Crippen molar-refractivity contribution in [2.75, 3.05) is 0 Å². The van der Waals surface area contributed by atoms with Crippen molar-refractivity contribution in [1.82, 2.24) is 9.88 Å². The molecule has 6 heteroatoms. The minimum Gasteiger partial charge on any atom is -0.317 e. The lowest BCUT2D eigenvalue weighted by Crippen LogP contribution is -2.48. The van der Waals surface area contributed by atoms with Gasteiger partial charge in [0.15, 0.2) is 6.20 Å². The molecule has 0 saturated heterocycles. The van der Waals surface area contributed by atoms with Gasteiger partial charge in [0, 0.05) is 39.7 Å². The summed E-state index contributed by atoms with van der Waals surface area (Å²) in [4.78, 5) is 7.52. The molecule has 0 bridgehead atoms. The molecular weight excluding hydrogens is 461 g/mol. The zero-order valence-electron chi connectivity index (χ0n) is 19.5. The number of allylic oxidation sites excluding steroid dienone is 9. The van der Waals surface area contributed by atoms with Crippen LogP contribution in [-0.2, 0) is 17.9 Å². The Morgan fingerprint density at radius 2 is 2.09 bits per heavy atom. The number of rotatable bonds is 3. The predicted molar refractivity (Wildman–Crippen MR) is 141 cm³/mol. The van der Waals surface area contributed by atoms with Crippen LogP contribution in [0.25, 0.3) is 0 Å². The quantitative estimate of drug-likeness (QED) is 0.351. The Labute approximate surface area is 206 Å². The van der Waals surface area contributed by atoms with Gasteiger partial charge in [-0.05, 0) is 56.5 Å². The van der Waals surface area contributed by atoms with Crippen molar-refractivity contribution in [3.05, 3.63) is 92.0 Å². The van der Waals surface area contributed by atoms with E-state index in [-0.39, 0.29) is 10.8 Å². The maximum Gasteiger partial charge on any atom is 0.247 e. The number of nitrogens with zero attached hydrogens (tertiary/aromatic N) is 3. The van der Waals surface area contributed by atoms with Crippen LogP contribution in [0.1, 0.15) is 56.0 Å². The summed E-state index contributed by atoms with van der Waals surface area (Å²) in [5.41, 5.74) is 4.97. The van der Waals surface area contributed by atoms with Crippen LogP contribution in [0.2, 0.25) is 0 Å². The maximum absolute atomic E-state index is 4.86. The van der Waals surface area contributed by atoms with Crippen molar-refractivity contribution >= 4 is 31.3 Å². The van der Waals surface area contributed by atoms with E-state index in [1.54, 1.807) is 5.31 Å². The van der Waals surface area contributed by atoms with Gasteiger partial charge in [-0.15, -0.1) is 11.3 Å². The molecule has 3 nitrogen and oxygen atoms in total. The minimum atomic E-state index is 0.0293. The van der Waals surface area contributed by atoms with Gasteiger partial charge >= 0.3 is 0 Å². The Hall–Kier alpha value is -1.81.